The predicted octanol–water partition coefficient (Wildman–Crippen LogP) is 2.10. The third-order valence-corrected chi connectivity index (χ3v) is 6.08. The van der Waals surface area contributed by atoms with Crippen LogP contribution in [0.1, 0.15) is 16.7 Å². The smallest absolute Gasteiger partial charge is 0.328 e. The normalized spacial score (nSPS) is 14.5. The number of hydrogen-bond acceptors (Lipinski definition) is 6. The van der Waals surface area contributed by atoms with Crippen LogP contribution in [-0.2, 0) is 10.1 Å². The van der Waals surface area contributed by atoms with Gasteiger partial charge in [-0.25, -0.2) is 14.8 Å². The summed E-state index contributed by atoms with van der Waals surface area (Å²) in [6.07, 6.45) is 0. The Hall–Kier alpha value is -4.35. The molecule has 0 saturated heterocycles. The maximum Gasteiger partial charge on any atom is 0.328 e. The van der Waals surface area contributed by atoms with Gasteiger partial charge in [0.1, 0.15) is 10.5 Å². The van der Waals surface area contributed by atoms with E-state index in [4.69, 9.17) is 0 Å². The fourth-order valence-electron chi connectivity index (χ4n) is 3.78. The first kappa shape index (κ1) is 20.5. The van der Waals surface area contributed by atoms with Crippen LogP contribution in [-0.4, -0.2) is 39.6 Å². The second-order valence-electron chi connectivity index (χ2n) is 7.18. The largest absolute Gasteiger partial charge is 0.494 e. The van der Waals surface area contributed by atoms with E-state index in [2.05, 4.69) is 20.0 Å². The maximum atomic E-state index is 12.4. The van der Waals surface area contributed by atoms with Gasteiger partial charge in [0.2, 0.25) is 5.88 Å². The predicted molar refractivity (Wildman–Crippen MR) is 121 cm³/mol. The number of aromatic hydroxyl groups is 1. The van der Waals surface area contributed by atoms with Crippen molar-refractivity contribution in [2.45, 2.75) is 4.90 Å². The van der Waals surface area contributed by atoms with Crippen LogP contribution < -0.4 is 11.2 Å². The van der Waals surface area contributed by atoms with Gasteiger partial charge in [0.05, 0.1) is 11.4 Å². The van der Waals surface area contributed by atoms with Crippen LogP contribution in [0, 0.1) is 0 Å². The second-order valence-corrected chi connectivity index (χ2v) is 8.57. The minimum atomic E-state index is -4.45. The fourth-order valence-corrected chi connectivity index (χ4v) is 4.49. The summed E-state index contributed by atoms with van der Waals surface area (Å²) in [5.74, 6) is -0.406. The van der Waals surface area contributed by atoms with Crippen molar-refractivity contribution in [3.05, 3.63) is 98.2 Å². The van der Waals surface area contributed by atoms with Crippen LogP contribution >= 0.6 is 0 Å². The molecule has 2 heterocycles. The standard InChI is InChI=1S/C22H14N4O6S/c27-20-17(21(28)26-22(29)25-20)18-13-5-1-2-6-14(13)19(24-18)23-15-9-3-8-12-11(15)7-4-10-16(12)33(30,31)32/h1-10H,(H,30,31,32)(H3,25,26,27,28,29). The minimum Gasteiger partial charge on any atom is -0.494 e. The summed E-state index contributed by atoms with van der Waals surface area (Å²) in [5.41, 5.74) is -0.283. The molecule has 1 aliphatic heterocycles. The monoisotopic (exact) mass is 462 g/mol. The summed E-state index contributed by atoms with van der Waals surface area (Å²) in [6.45, 7) is 0. The number of rotatable bonds is 3. The molecule has 0 saturated carbocycles. The summed E-state index contributed by atoms with van der Waals surface area (Å²) in [4.78, 5) is 36.8. The van der Waals surface area contributed by atoms with Crippen LogP contribution in [0.25, 0.3) is 10.8 Å². The molecule has 164 valence electrons. The number of nitrogens with one attached hydrogen (secondary N) is 2. The van der Waals surface area contributed by atoms with Crippen LogP contribution in [0.4, 0.5) is 5.69 Å². The Morgan fingerprint density at radius 2 is 1.55 bits per heavy atom. The highest BCUT2D eigenvalue weighted by Gasteiger charge is 2.27. The number of aliphatic imine (C=N–C) groups is 2. The van der Waals surface area contributed by atoms with Crippen molar-refractivity contribution < 1.29 is 18.1 Å². The number of aromatic amines is 2. The molecule has 0 atom stereocenters. The molecule has 0 fully saturated rings. The first-order valence-electron chi connectivity index (χ1n) is 9.56. The Kier molecular flexibility index (Phi) is 4.58. The number of hydrogen-bond donors (Lipinski definition) is 4. The van der Waals surface area contributed by atoms with Gasteiger partial charge in [-0.05, 0) is 12.1 Å². The Labute approximate surface area is 185 Å². The zero-order valence-corrected chi connectivity index (χ0v) is 17.4. The van der Waals surface area contributed by atoms with E-state index in [9.17, 15) is 27.7 Å². The molecule has 0 aliphatic carbocycles. The van der Waals surface area contributed by atoms with E-state index >= 15 is 0 Å². The van der Waals surface area contributed by atoms with Crippen molar-refractivity contribution in [3.63, 3.8) is 0 Å². The maximum absolute atomic E-state index is 12.4. The van der Waals surface area contributed by atoms with Gasteiger partial charge in [0, 0.05) is 21.9 Å². The number of aromatic nitrogens is 2. The van der Waals surface area contributed by atoms with Crippen molar-refractivity contribution in [3.8, 4) is 5.88 Å². The number of amidine groups is 1. The SMILES string of the molecule is O=c1[nH]c(O)c(C2=NC(=Nc3cccc4c(S(=O)(=O)O)cccc34)c3ccccc32)c(=O)[nH]1. The molecule has 3 aromatic carbocycles. The summed E-state index contributed by atoms with van der Waals surface area (Å²) < 4.78 is 33.1. The molecular weight excluding hydrogens is 448 g/mol. The molecule has 0 bridgehead atoms. The third kappa shape index (κ3) is 3.45. The first-order chi connectivity index (χ1) is 15.7. The summed E-state index contributed by atoms with van der Waals surface area (Å²) >= 11 is 0. The van der Waals surface area contributed by atoms with Crippen LogP contribution in [0.3, 0.4) is 0 Å². The van der Waals surface area contributed by atoms with Gasteiger partial charge in [0.25, 0.3) is 15.7 Å². The molecule has 0 radical (unpaired) electrons. The Morgan fingerprint density at radius 1 is 0.848 bits per heavy atom. The summed E-state index contributed by atoms with van der Waals surface area (Å²) in [5, 5.41) is 11.0. The first-order valence-corrected chi connectivity index (χ1v) is 11.0. The molecule has 0 amide bonds. The molecule has 33 heavy (non-hydrogen) atoms. The van der Waals surface area contributed by atoms with Gasteiger partial charge < -0.3 is 5.11 Å². The van der Waals surface area contributed by atoms with Crippen LogP contribution in [0.2, 0.25) is 0 Å². The molecule has 11 heteroatoms. The van der Waals surface area contributed by atoms with Crippen LogP contribution in [0.15, 0.2) is 85.1 Å². The second kappa shape index (κ2) is 7.36. The Balaban J connectivity index is 1.76. The van der Waals surface area contributed by atoms with Crippen molar-refractivity contribution in [2.75, 3.05) is 0 Å². The molecule has 1 aliphatic rings. The number of nitrogens with zero attached hydrogens (tertiary/aromatic N) is 2. The lowest BCUT2D eigenvalue weighted by atomic mass is 10.0. The topological polar surface area (TPSA) is 165 Å². The average Bonchev–Trinajstić information content (AvgIpc) is 3.10. The van der Waals surface area contributed by atoms with Crippen molar-refractivity contribution in [2.24, 2.45) is 9.98 Å². The number of H-pyrrole nitrogens is 2. The van der Waals surface area contributed by atoms with Gasteiger partial charge in [-0.2, -0.15) is 8.42 Å². The van der Waals surface area contributed by atoms with Gasteiger partial charge >= 0.3 is 5.69 Å². The Morgan fingerprint density at radius 3 is 2.27 bits per heavy atom. The third-order valence-electron chi connectivity index (χ3n) is 5.16. The number of benzene rings is 3. The lowest BCUT2D eigenvalue weighted by Crippen LogP contribution is -2.27. The van der Waals surface area contributed by atoms with E-state index < -0.39 is 27.2 Å². The highest BCUT2D eigenvalue weighted by atomic mass is 32.2. The number of fused-ring (bicyclic) bond motifs is 2. The molecule has 0 spiro atoms. The molecule has 0 unspecified atom stereocenters. The lowest BCUT2D eigenvalue weighted by Gasteiger charge is -2.06. The van der Waals surface area contributed by atoms with Crippen molar-refractivity contribution in [1.82, 2.24) is 9.97 Å². The van der Waals surface area contributed by atoms with E-state index in [-0.39, 0.29) is 27.4 Å². The molecule has 1 aromatic heterocycles. The van der Waals surface area contributed by atoms with Crippen molar-refractivity contribution >= 4 is 38.1 Å². The van der Waals surface area contributed by atoms with Crippen LogP contribution in [0.5, 0.6) is 5.88 Å². The van der Waals surface area contributed by atoms with Gasteiger partial charge in [-0.3, -0.25) is 19.3 Å². The van der Waals surface area contributed by atoms with Gasteiger partial charge in [0.15, 0.2) is 5.84 Å². The highest BCUT2D eigenvalue weighted by molar-refractivity contribution is 7.86. The average molecular weight is 462 g/mol. The van der Waals surface area contributed by atoms with Crippen molar-refractivity contribution in [1.29, 1.82) is 0 Å². The molecule has 5 rings (SSSR count). The molecule has 4 N–H and O–H groups in total. The van der Waals surface area contributed by atoms with E-state index in [0.29, 0.717) is 22.2 Å². The quantitative estimate of drug-likeness (QED) is 0.340. The zero-order chi connectivity index (χ0) is 23.3. The minimum absolute atomic E-state index is 0.123. The Bertz CT molecular complexity index is 1750. The van der Waals surface area contributed by atoms with Gasteiger partial charge in [-0.15, -0.1) is 0 Å². The van der Waals surface area contributed by atoms with E-state index in [1.165, 1.54) is 12.1 Å². The fraction of sp³-hybridized carbons (Fsp3) is 0. The van der Waals surface area contributed by atoms with E-state index in [1.54, 1.807) is 48.5 Å². The highest BCUT2D eigenvalue weighted by Crippen LogP contribution is 2.33. The molecule has 4 aromatic rings. The molecular formula is C22H14N4O6S. The van der Waals surface area contributed by atoms with Gasteiger partial charge in [-0.1, -0.05) is 48.5 Å². The molecule has 10 nitrogen and oxygen atoms in total. The summed E-state index contributed by atoms with van der Waals surface area (Å²) in [6, 6.07) is 16.2. The lowest BCUT2D eigenvalue weighted by molar-refractivity contribution is 0.447. The van der Waals surface area contributed by atoms with E-state index in [0.717, 1.165) is 0 Å². The summed E-state index contributed by atoms with van der Waals surface area (Å²) in [7, 11) is -4.45. The van der Waals surface area contributed by atoms with E-state index in [1.807, 2.05) is 0 Å². The zero-order valence-electron chi connectivity index (χ0n) is 16.6.